The highest BCUT2D eigenvalue weighted by atomic mass is 31.2. The number of nitrogens with zero attached hydrogens (tertiary/aromatic N) is 1. The molecule has 0 aromatic heterocycles. The predicted molar refractivity (Wildman–Crippen MR) is 168 cm³/mol. The summed E-state index contributed by atoms with van der Waals surface area (Å²) in [6, 6.07) is -0.882. The highest BCUT2D eigenvalue weighted by molar-refractivity contribution is 7.45. The van der Waals surface area contributed by atoms with E-state index in [2.05, 4.69) is 31.3 Å². The largest absolute Gasteiger partial charge is 0.756 e. The molecular weight excluding hydrogens is 539 g/mol. The molecule has 41 heavy (non-hydrogen) atoms. The maximum atomic E-state index is 12.6. The van der Waals surface area contributed by atoms with Crippen molar-refractivity contribution in [3.63, 3.8) is 0 Å². The second-order valence-corrected chi connectivity index (χ2v) is 13.6. The lowest BCUT2D eigenvalue weighted by Crippen LogP contribution is -2.45. The van der Waals surface area contributed by atoms with Crippen molar-refractivity contribution in [2.45, 2.75) is 135 Å². The van der Waals surface area contributed by atoms with Crippen molar-refractivity contribution in [2.24, 2.45) is 0 Å². The van der Waals surface area contributed by atoms with Gasteiger partial charge in [-0.1, -0.05) is 102 Å². The molecule has 0 saturated carbocycles. The van der Waals surface area contributed by atoms with Gasteiger partial charge in [-0.2, -0.15) is 0 Å². The Hall–Kier alpha value is -1.02. The summed E-state index contributed by atoms with van der Waals surface area (Å²) in [5, 5.41) is 13.5. The molecule has 8 nitrogen and oxygen atoms in total. The zero-order valence-electron chi connectivity index (χ0n) is 27.0. The summed E-state index contributed by atoms with van der Waals surface area (Å²) in [6.07, 6.45) is 25.1. The van der Waals surface area contributed by atoms with E-state index >= 15 is 0 Å². The molecule has 0 fully saturated rings. The Morgan fingerprint density at radius 2 is 1.39 bits per heavy atom. The number of unbranched alkanes of at least 4 members (excludes halogenated alkanes) is 13. The van der Waals surface area contributed by atoms with E-state index in [1.807, 2.05) is 27.2 Å². The number of carbonyl (C=O) groups is 1. The van der Waals surface area contributed by atoms with E-state index in [4.69, 9.17) is 9.05 Å². The van der Waals surface area contributed by atoms with Crippen LogP contribution < -0.4 is 10.2 Å². The lowest BCUT2D eigenvalue weighted by molar-refractivity contribution is -0.870. The molecule has 0 aromatic carbocycles. The van der Waals surface area contributed by atoms with Gasteiger partial charge in [0.05, 0.1) is 39.9 Å². The van der Waals surface area contributed by atoms with Crippen LogP contribution in [-0.2, 0) is 18.4 Å². The van der Waals surface area contributed by atoms with Gasteiger partial charge in [0.2, 0.25) is 5.91 Å². The molecule has 9 heteroatoms. The standard InChI is InChI=1S/C32H63N2O6P/c1-6-8-10-12-14-16-18-20-22-24-26-32(36)33-30(29-40-41(37,38)39-28-27-34(3,4)5)31(35)25-23-21-19-17-15-13-11-9-7-2/h10,12,23,25,30-31,35H,6-9,11,13-22,24,26-29H2,1-5H3,(H-,33,36,37,38)/b12-10-,25-23+. The number of aliphatic hydroxyl groups is 1. The number of allylic oxidation sites excluding steroid dienone is 3. The Bertz CT molecular complexity index is 738. The van der Waals surface area contributed by atoms with Gasteiger partial charge in [-0.05, 0) is 38.5 Å². The second kappa shape index (κ2) is 25.5. The Labute approximate surface area is 252 Å². The fourth-order valence-electron chi connectivity index (χ4n) is 4.21. The molecule has 242 valence electrons. The van der Waals surface area contributed by atoms with Crippen molar-refractivity contribution >= 4 is 13.7 Å². The van der Waals surface area contributed by atoms with Crippen LogP contribution in [0.2, 0.25) is 0 Å². The molecule has 0 spiro atoms. The molecule has 0 aliphatic rings. The summed E-state index contributed by atoms with van der Waals surface area (Å²) in [6.45, 7) is 4.50. The van der Waals surface area contributed by atoms with Crippen molar-refractivity contribution < 1.29 is 32.9 Å². The van der Waals surface area contributed by atoms with E-state index in [1.165, 1.54) is 38.5 Å². The molecular formula is C32H63N2O6P. The van der Waals surface area contributed by atoms with Crippen molar-refractivity contribution in [1.29, 1.82) is 0 Å². The summed E-state index contributed by atoms with van der Waals surface area (Å²) >= 11 is 0. The average Bonchev–Trinajstić information content (AvgIpc) is 2.90. The van der Waals surface area contributed by atoms with Gasteiger partial charge in [0.15, 0.2) is 0 Å². The fourth-order valence-corrected chi connectivity index (χ4v) is 4.93. The van der Waals surface area contributed by atoms with Crippen LogP contribution in [-0.4, -0.2) is 68.5 Å². The Morgan fingerprint density at radius 1 is 0.829 bits per heavy atom. The molecule has 2 N–H and O–H groups in total. The van der Waals surface area contributed by atoms with E-state index in [-0.39, 0.29) is 19.1 Å². The van der Waals surface area contributed by atoms with Crippen LogP contribution in [0.25, 0.3) is 0 Å². The topological polar surface area (TPSA) is 108 Å². The Kier molecular flexibility index (Phi) is 24.8. The van der Waals surface area contributed by atoms with E-state index < -0.39 is 20.0 Å². The first-order valence-electron chi connectivity index (χ1n) is 16.2. The molecule has 0 bridgehead atoms. The molecule has 3 unspecified atom stereocenters. The van der Waals surface area contributed by atoms with E-state index in [9.17, 15) is 19.4 Å². The summed E-state index contributed by atoms with van der Waals surface area (Å²) in [4.78, 5) is 24.9. The van der Waals surface area contributed by atoms with Crippen LogP contribution in [0.4, 0.5) is 0 Å². The van der Waals surface area contributed by atoms with Crippen molar-refractivity contribution in [3.05, 3.63) is 24.3 Å². The minimum atomic E-state index is -4.57. The number of likely N-dealkylation sites (N-methyl/N-ethyl adjacent to an activating group) is 1. The SMILES string of the molecule is CCC/C=C\CCCCCCCC(=O)NC(COP(=O)([O-])OCC[N+](C)(C)C)C(O)/C=C/CCCCCCCCC. The molecule has 0 rings (SSSR count). The quantitative estimate of drug-likeness (QED) is 0.0440. The number of hydrogen-bond donors (Lipinski definition) is 2. The number of hydrogen-bond acceptors (Lipinski definition) is 6. The van der Waals surface area contributed by atoms with Crippen LogP contribution in [0.3, 0.4) is 0 Å². The zero-order chi connectivity index (χ0) is 30.8. The van der Waals surface area contributed by atoms with Gasteiger partial charge in [-0.3, -0.25) is 9.36 Å². The highest BCUT2D eigenvalue weighted by Crippen LogP contribution is 2.38. The number of rotatable bonds is 28. The summed E-state index contributed by atoms with van der Waals surface area (Å²) in [5.74, 6) is -0.215. The molecule has 0 aromatic rings. The van der Waals surface area contributed by atoms with Gasteiger partial charge < -0.3 is 28.8 Å². The number of phosphoric ester groups is 1. The fraction of sp³-hybridized carbons (Fsp3) is 0.844. The van der Waals surface area contributed by atoms with Crippen LogP contribution in [0.15, 0.2) is 24.3 Å². The number of phosphoric acid groups is 1. The van der Waals surface area contributed by atoms with Gasteiger partial charge >= 0.3 is 0 Å². The van der Waals surface area contributed by atoms with Crippen LogP contribution >= 0.6 is 7.82 Å². The highest BCUT2D eigenvalue weighted by Gasteiger charge is 2.23. The summed E-state index contributed by atoms with van der Waals surface area (Å²) in [5.41, 5.74) is 0. The number of aliphatic hydroxyl groups excluding tert-OH is 1. The van der Waals surface area contributed by atoms with Crippen molar-refractivity contribution in [2.75, 3.05) is 40.9 Å². The Morgan fingerprint density at radius 3 is 2.00 bits per heavy atom. The van der Waals surface area contributed by atoms with Gasteiger partial charge in [0.25, 0.3) is 7.82 Å². The van der Waals surface area contributed by atoms with E-state index in [1.54, 1.807) is 6.08 Å². The lowest BCUT2D eigenvalue weighted by Gasteiger charge is -2.29. The third kappa shape index (κ3) is 27.6. The predicted octanol–water partition coefficient (Wildman–Crippen LogP) is 6.82. The Balaban J connectivity index is 4.67. The summed E-state index contributed by atoms with van der Waals surface area (Å²) < 4.78 is 22.9. The minimum absolute atomic E-state index is 0.00275. The third-order valence-corrected chi connectivity index (χ3v) is 7.85. The van der Waals surface area contributed by atoms with Crippen LogP contribution in [0.1, 0.15) is 123 Å². The maximum Gasteiger partial charge on any atom is 0.268 e. The molecule has 0 heterocycles. The van der Waals surface area contributed by atoms with Gasteiger partial charge in [0, 0.05) is 6.42 Å². The van der Waals surface area contributed by atoms with Gasteiger partial charge in [-0.15, -0.1) is 0 Å². The molecule has 0 aliphatic carbocycles. The maximum absolute atomic E-state index is 12.6. The third-order valence-electron chi connectivity index (χ3n) is 6.89. The van der Waals surface area contributed by atoms with Crippen molar-refractivity contribution in [3.8, 4) is 0 Å². The smallest absolute Gasteiger partial charge is 0.268 e. The van der Waals surface area contributed by atoms with Crippen LogP contribution in [0.5, 0.6) is 0 Å². The molecule has 1 amide bonds. The number of nitrogens with one attached hydrogen (secondary N) is 1. The monoisotopic (exact) mass is 602 g/mol. The first-order valence-corrected chi connectivity index (χ1v) is 17.7. The van der Waals surface area contributed by atoms with Gasteiger partial charge in [-0.25, -0.2) is 0 Å². The molecule has 0 aliphatic heterocycles. The second-order valence-electron chi connectivity index (χ2n) is 12.2. The number of amides is 1. The first kappa shape index (κ1) is 40.0. The van der Waals surface area contributed by atoms with E-state index in [0.29, 0.717) is 17.4 Å². The first-order chi connectivity index (χ1) is 19.5. The zero-order valence-corrected chi connectivity index (χ0v) is 27.9. The minimum Gasteiger partial charge on any atom is -0.756 e. The van der Waals surface area contributed by atoms with Crippen LogP contribution in [0, 0.1) is 0 Å². The lowest BCUT2D eigenvalue weighted by atomic mass is 10.1. The average molecular weight is 603 g/mol. The molecule has 3 atom stereocenters. The number of quaternary nitrogens is 1. The van der Waals surface area contributed by atoms with E-state index in [0.717, 1.165) is 64.2 Å². The normalized spacial score (nSPS) is 15.4. The molecule has 0 saturated heterocycles. The van der Waals surface area contributed by atoms with Gasteiger partial charge in [0.1, 0.15) is 13.2 Å². The number of carbonyl (C=O) groups excluding carboxylic acids is 1. The molecule has 0 radical (unpaired) electrons. The summed E-state index contributed by atoms with van der Waals surface area (Å²) in [7, 11) is 1.25. The van der Waals surface area contributed by atoms with Crippen molar-refractivity contribution in [1.82, 2.24) is 5.32 Å².